The Morgan fingerprint density at radius 2 is 1.79 bits per heavy atom. The minimum Gasteiger partial charge on any atom is -0.494 e. The summed E-state index contributed by atoms with van der Waals surface area (Å²) in [5.74, 6) is 0.620. The van der Waals surface area contributed by atoms with Gasteiger partial charge in [0.25, 0.3) is 0 Å². The molecule has 2 aromatic carbocycles. The first-order valence-electron chi connectivity index (χ1n) is 8.79. The van der Waals surface area contributed by atoms with E-state index in [9.17, 15) is 4.79 Å². The van der Waals surface area contributed by atoms with Crippen LogP contribution in [0.4, 0.5) is 5.69 Å². The molecule has 4 rings (SSSR count). The Balaban J connectivity index is 1.70. The van der Waals surface area contributed by atoms with Crippen molar-refractivity contribution >= 4 is 44.6 Å². The summed E-state index contributed by atoms with van der Waals surface area (Å²) in [7, 11) is 0. The van der Waals surface area contributed by atoms with Crippen LogP contribution in [0.25, 0.3) is 21.5 Å². The Morgan fingerprint density at radius 1 is 1.07 bits per heavy atom. The molecule has 0 saturated heterocycles. The van der Waals surface area contributed by atoms with E-state index in [1.165, 1.54) is 11.3 Å². The molecule has 0 radical (unpaired) electrons. The zero-order chi connectivity index (χ0) is 19.7. The zero-order valence-electron chi connectivity index (χ0n) is 15.1. The lowest BCUT2D eigenvalue weighted by atomic mass is 10.1. The van der Waals surface area contributed by atoms with E-state index in [0.717, 1.165) is 27.2 Å². The van der Waals surface area contributed by atoms with Crippen molar-refractivity contribution in [2.24, 2.45) is 0 Å². The number of nitrogens with two attached hydrogens (primary N) is 1. The highest BCUT2D eigenvalue weighted by Gasteiger charge is 2.19. The second-order valence-electron chi connectivity index (χ2n) is 6.19. The molecule has 0 unspecified atom stereocenters. The molecule has 0 aliphatic heterocycles. The summed E-state index contributed by atoms with van der Waals surface area (Å²) >= 11 is 7.27. The summed E-state index contributed by atoms with van der Waals surface area (Å²) in [6.07, 6.45) is 0. The van der Waals surface area contributed by atoms with Gasteiger partial charge in [0.1, 0.15) is 15.5 Å². The van der Waals surface area contributed by atoms with Crippen LogP contribution in [0.15, 0.2) is 60.7 Å². The van der Waals surface area contributed by atoms with Crippen LogP contribution in [0.3, 0.4) is 0 Å². The Hall–Kier alpha value is -2.89. The van der Waals surface area contributed by atoms with E-state index in [1.807, 2.05) is 43.3 Å². The van der Waals surface area contributed by atoms with Crippen molar-refractivity contribution in [3.8, 4) is 17.0 Å². The van der Waals surface area contributed by atoms with Crippen LogP contribution < -0.4 is 10.5 Å². The van der Waals surface area contributed by atoms with Gasteiger partial charge in [-0.2, -0.15) is 0 Å². The minimum absolute atomic E-state index is 0.114. The lowest BCUT2D eigenvalue weighted by Gasteiger charge is -2.04. The fourth-order valence-electron chi connectivity index (χ4n) is 2.95. The van der Waals surface area contributed by atoms with Crippen LogP contribution in [0.5, 0.6) is 5.75 Å². The first-order chi connectivity index (χ1) is 13.6. The first-order valence-corrected chi connectivity index (χ1v) is 9.99. The van der Waals surface area contributed by atoms with Gasteiger partial charge in [-0.1, -0.05) is 23.7 Å². The van der Waals surface area contributed by atoms with Crippen LogP contribution in [0.2, 0.25) is 5.02 Å². The third-order valence-corrected chi connectivity index (χ3v) is 5.73. The van der Waals surface area contributed by atoms with Crippen molar-refractivity contribution in [3.63, 3.8) is 0 Å². The number of anilines is 1. The van der Waals surface area contributed by atoms with Gasteiger partial charge >= 0.3 is 0 Å². The van der Waals surface area contributed by atoms with Crippen molar-refractivity contribution in [2.75, 3.05) is 12.3 Å². The zero-order valence-corrected chi connectivity index (χ0v) is 16.7. The molecule has 28 heavy (non-hydrogen) atoms. The number of pyridine rings is 1. The van der Waals surface area contributed by atoms with Gasteiger partial charge in [0, 0.05) is 21.5 Å². The maximum Gasteiger partial charge on any atom is 0.205 e. The number of rotatable bonds is 5. The van der Waals surface area contributed by atoms with Gasteiger partial charge in [0.15, 0.2) is 0 Å². The lowest BCUT2D eigenvalue weighted by molar-refractivity contribution is 0.104. The molecule has 2 N–H and O–H groups in total. The molecule has 4 aromatic rings. The highest BCUT2D eigenvalue weighted by molar-refractivity contribution is 7.21. The van der Waals surface area contributed by atoms with Crippen LogP contribution >= 0.6 is 22.9 Å². The molecule has 0 fully saturated rings. The number of aromatic nitrogens is 1. The standard InChI is InChI=1S/C22H17ClN2O2S/c1-2-27-16-9-5-14(6-10-16)20(26)21-19(24)17-11-12-18(25-22(17)28-21)13-3-7-15(23)8-4-13/h3-12H,2,24H2,1H3. The molecule has 2 aromatic heterocycles. The molecule has 0 spiro atoms. The third kappa shape index (κ3) is 3.46. The van der Waals surface area contributed by atoms with E-state index in [0.29, 0.717) is 27.8 Å². The number of thiophene rings is 1. The number of nitrogens with zero attached hydrogens (tertiary/aromatic N) is 1. The number of ether oxygens (including phenoxy) is 1. The second kappa shape index (κ2) is 7.62. The number of hydrogen-bond acceptors (Lipinski definition) is 5. The van der Waals surface area contributed by atoms with E-state index in [2.05, 4.69) is 0 Å². The first kappa shape index (κ1) is 18.5. The minimum atomic E-state index is -0.114. The smallest absolute Gasteiger partial charge is 0.205 e. The predicted octanol–water partition coefficient (Wildman–Crippen LogP) is 5.83. The van der Waals surface area contributed by atoms with E-state index >= 15 is 0 Å². The lowest BCUT2D eigenvalue weighted by Crippen LogP contribution is -2.02. The van der Waals surface area contributed by atoms with Crippen LogP contribution in [0.1, 0.15) is 22.2 Å². The maximum absolute atomic E-state index is 12.9. The van der Waals surface area contributed by atoms with Gasteiger partial charge in [-0.15, -0.1) is 11.3 Å². The highest BCUT2D eigenvalue weighted by Crippen LogP contribution is 2.35. The predicted molar refractivity (Wildman–Crippen MR) is 116 cm³/mol. The number of hydrogen-bond donors (Lipinski definition) is 1. The molecule has 0 saturated carbocycles. The Morgan fingerprint density at radius 3 is 2.46 bits per heavy atom. The fourth-order valence-corrected chi connectivity index (χ4v) is 4.13. The second-order valence-corrected chi connectivity index (χ2v) is 7.62. The number of benzene rings is 2. The van der Waals surface area contributed by atoms with Gasteiger partial charge in [0.2, 0.25) is 5.78 Å². The molecule has 0 aliphatic carbocycles. The monoisotopic (exact) mass is 408 g/mol. The van der Waals surface area contributed by atoms with Gasteiger partial charge in [-0.05, 0) is 55.5 Å². The summed E-state index contributed by atoms with van der Waals surface area (Å²) < 4.78 is 5.43. The topological polar surface area (TPSA) is 65.2 Å². The fraction of sp³-hybridized carbons (Fsp3) is 0.0909. The number of carbonyl (C=O) groups excluding carboxylic acids is 1. The van der Waals surface area contributed by atoms with Crippen LogP contribution in [-0.4, -0.2) is 17.4 Å². The van der Waals surface area contributed by atoms with Crippen LogP contribution in [0, 0.1) is 0 Å². The van der Waals surface area contributed by atoms with Crippen molar-refractivity contribution in [1.29, 1.82) is 0 Å². The van der Waals surface area contributed by atoms with E-state index in [4.69, 9.17) is 27.1 Å². The largest absolute Gasteiger partial charge is 0.494 e. The summed E-state index contributed by atoms with van der Waals surface area (Å²) in [5, 5.41) is 1.46. The molecular weight excluding hydrogens is 392 g/mol. The van der Waals surface area contributed by atoms with Crippen molar-refractivity contribution < 1.29 is 9.53 Å². The van der Waals surface area contributed by atoms with Crippen molar-refractivity contribution in [1.82, 2.24) is 4.98 Å². The highest BCUT2D eigenvalue weighted by atomic mass is 35.5. The van der Waals surface area contributed by atoms with Gasteiger partial charge < -0.3 is 10.5 Å². The van der Waals surface area contributed by atoms with Gasteiger partial charge in [0.05, 0.1) is 18.0 Å². The van der Waals surface area contributed by atoms with E-state index < -0.39 is 0 Å². The number of ketones is 1. The maximum atomic E-state index is 12.9. The SMILES string of the molecule is CCOc1ccc(C(=O)c2sc3nc(-c4ccc(Cl)cc4)ccc3c2N)cc1. The average Bonchev–Trinajstić information content (AvgIpc) is 3.05. The number of halogens is 1. The number of fused-ring (bicyclic) bond motifs is 1. The van der Waals surface area contributed by atoms with E-state index in [-0.39, 0.29) is 5.78 Å². The number of carbonyl (C=O) groups is 1. The third-order valence-electron chi connectivity index (χ3n) is 4.37. The molecule has 0 bridgehead atoms. The number of nitrogen functional groups attached to an aromatic ring is 1. The van der Waals surface area contributed by atoms with E-state index in [1.54, 1.807) is 24.3 Å². The quantitative estimate of drug-likeness (QED) is 0.422. The molecule has 0 aliphatic rings. The molecule has 2 heterocycles. The molecular formula is C22H17ClN2O2S. The summed E-state index contributed by atoms with van der Waals surface area (Å²) in [6, 6.07) is 18.4. The van der Waals surface area contributed by atoms with Gasteiger partial charge in [-0.3, -0.25) is 4.79 Å². The molecule has 6 heteroatoms. The van der Waals surface area contributed by atoms with Crippen LogP contribution in [-0.2, 0) is 0 Å². The van der Waals surface area contributed by atoms with Gasteiger partial charge in [-0.25, -0.2) is 4.98 Å². The summed E-state index contributed by atoms with van der Waals surface area (Å²) in [4.78, 5) is 18.9. The normalized spacial score (nSPS) is 10.9. The average molecular weight is 409 g/mol. The Labute approximate surface area is 171 Å². The molecule has 140 valence electrons. The molecule has 4 nitrogen and oxygen atoms in total. The molecule has 0 amide bonds. The summed E-state index contributed by atoms with van der Waals surface area (Å²) in [6.45, 7) is 2.50. The Bertz CT molecular complexity index is 1150. The Kier molecular flexibility index (Phi) is 5.03. The van der Waals surface area contributed by atoms with Crippen molar-refractivity contribution in [3.05, 3.63) is 76.1 Å². The summed E-state index contributed by atoms with van der Waals surface area (Å²) in [5.41, 5.74) is 9.07. The van der Waals surface area contributed by atoms with Crippen molar-refractivity contribution in [2.45, 2.75) is 6.92 Å². The molecule has 0 atom stereocenters.